The van der Waals surface area contributed by atoms with E-state index in [1.165, 1.54) is 0 Å². The van der Waals surface area contributed by atoms with E-state index in [0.29, 0.717) is 12.5 Å². The lowest BCUT2D eigenvalue weighted by Gasteiger charge is -2.49. The van der Waals surface area contributed by atoms with Crippen molar-refractivity contribution in [1.82, 2.24) is 19.4 Å². The summed E-state index contributed by atoms with van der Waals surface area (Å²) in [6.07, 6.45) is 3.87. The van der Waals surface area contributed by atoms with Gasteiger partial charge in [-0.1, -0.05) is 0 Å². The number of pyridine rings is 1. The second kappa shape index (κ2) is 3.77. The molecule has 19 heavy (non-hydrogen) atoms. The van der Waals surface area contributed by atoms with Crippen LogP contribution >= 0.6 is 0 Å². The number of hydrogen-bond acceptors (Lipinski definition) is 4. The van der Waals surface area contributed by atoms with Gasteiger partial charge in [0, 0.05) is 19.8 Å². The fourth-order valence-corrected chi connectivity index (χ4v) is 3.70. The van der Waals surface area contributed by atoms with Crippen molar-refractivity contribution in [3.05, 3.63) is 24.2 Å². The zero-order chi connectivity index (χ0) is 13.0. The lowest BCUT2D eigenvalue weighted by atomic mass is 9.75. The van der Waals surface area contributed by atoms with Crippen molar-refractivity contribution in [1.29, 1.82) is 0 Å². The van der Waals surface area contributed by atoms with Crippen LogP contribution < -0.4 is 0 Å². The average Bonchev–Trinajstić information content (AvgIpc) is 2.79. The Bertz CT molecular complexity index is 629. The molecule has 0 spiro atoms. The van der Waals surface area contributed by atoms with E-state index >= 15 is 0 Å². The standard InChI is InChI=1S/C14H18N4O/c1-17-11-3-2-6-15-12(11)16-13(17)14(19)9-18-7-4-10(14)5-8-18/h2-3,6,10,19H,4-5,7-9H2,1H3. The highest BCUT2D eigenvalue weighted by molar-refractivity contribution is 5.71. The minimum Gasteiger partial charge on any atom is -0.380 e. The van der Waals surface area contributed by atoms with E-state index in [4.69, 9.17) is 0 Å². The number of aryl methyl sites for hydroxylation is 1. The Hall–Kier alpha value is -1.46. The molecule has 3 aliphatic rings. The molecule has 100 valence electrons. The molecular formula is C14H18N4O. The van der Waals surface area contributed by atoms with E-state index in [9.17, 15) is 5.11 Å². The summed E-state index contributed by atoms with van der Waals surface area (Å²) in [7, 11) is 1.97. The van der Waals surface area contributed by atoms with E-state index in [2.05, 4.69) is 14.9 Å². The molecule has 0 aliphatic carbocycles. The Kier molecular flexibility index (Phi) is 2.26. The first-order valence-corrected chi connectivity index (χ1v) is 6.91. The highest BCUT2D eigenvalue weighted by Gasteiger charge is 2.49. The van der Waals surface area contributed by atoms with Crippen LogP contribution in [0.4, 0.5) is 0 Å². The molecule has 1 N–H and O–H groups in total. The molecule has 3 aliphatic heterocycles. The highest BCUT2D eigenvalue weighted by Crippen LogP contribution is 2.42. The van der Waals surface area contributed by atoms with Crippen LogP contribution in [0.3, 0.4) is 0 Å². The van der Waals surface area contributed by atoms with Crippen molar-refractivity contribution in [3.63, 3.8) is 0 Å². The number of nitrogens with zero attached hydrogens (tertiary/aromatic N) is 4. The smallest absolute Gasteiger partial charge is 0.178 e. The van der Waals surface area contributed by atoms with E-state index < -0.39 is 5.60 Å². The van der Waals surface area contributed by atoms with E-state index in [1.807, 2.05) is 23.7 Å². The summed E-state index contributed by atoms with van der Waals surface area (Å²) >= 11 is 0. The first-order valence-electron chi connectivity index (χ1n) is 6.91. The Labute approximate surface area is 111 Å². The van der Waals surface area contributed by atoms with Gasteiger partial charge in [0.15, 0.2) is 5.65 Å². The van der Waals surface area contributed by atoms with Crippen LogP contribution in [0.1, 0.15) is 18.7 Å². The average molecular weight is 258 g/mol. The Balaban J connectivity index is 1.87. The molecule has 5 heteroatoms. The molecule has 3 fully saturated rings. The molecule has 0 radical (unpaired) electrons. The molecule has 1 unspecified atom stereocenters. The number of piperidine rings is 3. The van der Waals surface area contributed by atoms with Crippen molar-refractivity contribution < 1.29 is 5.11 Å². The van der Waals surface area contributed by atoms with Crippen LogP contribution in [-0.4, -0.2) is 44.2 Å². The molecule has 2 aromatic heterocycles. The van der Waals surface area contributed by atoms with E-state index in [1.54, 1.807) is 6.20 Å². The van der Waals surface area contributed by atoms with Gasteiger partial charge in [0.25, 0.3) is 0 Å². The summed E-state index contributed by atoms with van der Waals surface area (Å²) < 4.78 is 2.00. The predicted molar refractivity (Wildman–Crippen MR) is 71.6 cm³/mol. The van der Waals surface area contributed by atoms with Gasteiger partial charge in [0.05, 0.1) is 5.52 Å². The van der Waals surface area contributed by atoms with Crippen molar-refractivity contribution in [3.8, 4) is 0 Å². The molecule has 5 heterocycles. The van der Waals surface area contributed by atoms with Gasteiger partial charge in [0.1, 0.15) is 11.4 Å². The van der Waals surface area contributed by atoms with Gasteiger partial charge in [-0.25, -0.2) is 9.97 Å². The van der Waals surface area contributed by atoms with Gasteiger partial charge >= 0.3 is 0 Å². The lowest BCUT2D eigenvalue weighted by molar-refractivity contribution is -0.124. The molecule has 5 rings (SSSR count). The van der Waals surface area contributed by atoms with Crippen LogP contribution in [0, 0.1) is 5.92 Å². The van der Waals surface area contributed by atoms with Gasteiger partial charge in [-0.2, -0.15) is 0 Å². The molecule has 0 aromatic carbocycles. The van der Waals surface area contributed by atoms with Gasteiger partial charge in [-0.05, 0) is 44.0 Å². The predicted octanol–water partition coefficient (Wildman–Crippen LogP) is 0.881. The zero-order valence-corrected chi connectivity index (χ0v) is 11.1. The monoisotopic (exact) mass is 258 g/mol. The Morgan fingerprint density at radius 2 is 2.16 bits per heavy atom. The third kappa shape index (κ3) is 1.48. The number of rotatable bonds is 1. The lowest BCUT2D eigenvalue weighted by Crippen LogP contribution is -2.58. The number of aromatic nitrogens is 3. The zero-order valence-electron chi connectivity index (χ0n) is 11.1. The Morgan fingerprint density at radius 1 is 1.37 bits per heavy atom. The SMILES string of the molecule is Cn1c(C2(O)CN3CCC2CC3)nc2ncccc21. The highest BCUT2D eigenvalue weighted by atomic mass is 16.3. The van der Waals surface area contributed by atoms with Crippen molar-refractivity contribution in [2.75, 3.05) is 19.6 Å². The fraction of sp³-hybridized carbons (Fsp3) is 0.571. The topological polar surface area (TPSA) is 54.2 Å². The molecule has 0 saturated carbocycles. The third-order valence-corrected chi connectivity index (χ3v) is 4.77. The van der Waals surface area contributed by atoms with Gasteiger partial charge in [-0.3, -0.25) is 4.90 Å². The molecule has 2 bridgehead atoms. The molecule has 2 aromatic rings. The maximum absolute atomic E-state index is 11.2. The molecule has 1 atom stereocenters. The quantitative estimate of drug-likeness (QED) is 0.825. The van der Waals surface area contributed by atoms with Crippen LogP contribution in [0.25, 0.3) is 11.2 Å². The summed E-state index contributed by atoms with van der Waals surface area (Å²) in [6.45, 7) is 2.92. The number of fused-ring (bicyclic) bond motifs is 4. The molecule has 5 nitrogen and oxygen atoms in total. The maximum atomic E-state index is 11.2. The van der Waals surface area contributed by atoms with Crippen molar-refractivity contribution >= 4 is 11.2 Å². The maximum Gasteiger partial charge on any atom is 0.178 e. The van der Waals surface area contributed by atoms with Crippen LogP contribution in [-0.2, 0) is 12.6 Å². The molecule has 0 amide bonds. The second-order valence-corrected chi connectivity index (χ2v) is 5.82. The van der Waals surface area contributed by atoms with Crippen LogP contribution in [0.5, 0.6) is 0 Å². The van der Waals surface area contributed by atoms with Gasteiger partial charge < -0.3 is 9.67 Å². The summed E-state index contributed by atoms with van der Waals surface area (Å²) in [6, 6.07) is 3.91. The van der Waals surface area contributed by atoms with E-state index in [-0.39, 0.29) is 0 Å². The minimum absolute atomic E-state index is 0.327. The van der Waals surface area contributed by atoms with Crippen molar-refractivity contribution in [2.24, 2.45) is 13.0 Å². The number of hydrogen-bond donors (Lipinski definition) is 1. The number of aliphatic hydroxyl groups is 1. The minimum atomic E-state index is -0.814. The van der Waals surface area contributed by atoms with Gasteiger partial charge in [-0.15, -0.1) is 0 Å². The normalized spacial score (nSPS) is 34.0. The Morgan fingerprint density at radius 3 is 2.79 bits per heavy atom. The van der Waals surface area contributed by atoms with Gasteiger partial charge in [0.2, 0.25) is 0 Å². The summed E-state index contributed by atoms with van der Waals surface area (Å²) in [5.74, 6) is 1.10. The summed E-state index contributed by atoms with van der Waals surface area (Å²) in [5.41, 5.74) is 0.901. The van der Waals surface area contributed by atoms with Crippen LogP contribution in [0.2, 0.25) is 0 Å². The summed E-state index contributed by atoms with van der Waals surface area (Å²) in [5, 5.41) is 11.2. The van der Waals surface area contributed by atoms with Crippen molar-refractivity contribution in [2.45, 2.75) is 18.4 Å². The first-order chi connectivity index (χ1) is 9.18. The fourth-order valence-electron chi connectivity index (χ4n) is 3.70. The second-order valence-electron chi connectivity index (χ2n) is 5.82. The van der Waals surface area contributed by atoms with E-state index in [0.717, 1.165) is 42.9 Å². The third-order valence-electron chi connectivity index (χ3n) is 4.77. The first kappa shape index (κ1) is 11.4. The number of imidazole rings is 1. The summed E-state index contributed by atoms with van der Waals surface area (Å²) in [4.78, 5) is 11.2. The van der Waals surface area contributed by atoms with Crippen LogP contribution in [0.15, 0.2) is 18.3 Å². The molecule has 3 saturated heterocycles. The largest absolute Gasteiger partial charge is 0.380 e. The molecular weight excluding hydrogens is 240 g/mol.